The molecule has 0 spiro atoms. The van der Waals surface area contributed by atoms with Crippen LogP contribution >= 0.6 is 11.6 Å². The van der Waals surface area contributed by atoms with Gasteiger partial charge in [-0.2, -0.15) is 0 Å². The Kier molecular flexibility index (Phi) is 3.79. The van der Waals surface area contributed by atoms with Crippen molar-refractivity contribution < 1.29 is 0 Å². The van der Waals surface area contributed by atoms with Crippen LogP contribution in [0.15, 0.2) is 24.3 Å². The summed E-state index contributed by atoms with van der Waals surface area (Å²) in [6.07, 6.45) is 2.59. The van der Waals surface area contributed by atoms with E-state index in [9.17, 15) is 0 Å². The van der Waals surface area contributed by atoms with E-state index in [-0.39, 0.29) is 0 Å². The van der Waals surface area contributed by atoms with E-state index in [1.165, 1.54) is 18.4 Å². The summed E-state index contributed by atoms with van der Waals surface area (Å²) < 4.78 is 0. The van der Waals surface area contributed by atoms with Crippen molar-refractivity contribution in [1.29, 1.82) is 0 Å². The Morgan fingerprint density at radius 3 is 2.71 bits per heavy atom. The van der Waals surface area contributed by atoms with Crippen LogP contribution in [0, 0.1) is 11.3 Å². The third kappa shape index (κ3) is 3.46. The van der Waals surface area contributed by atoms with Gasteiger partial charge in [0.05, 0.1) is 0 Å². The zero-order valence-corrected chi connectivity index (χ0v) is 11.7. The van der Waals surface area contributed by atoms with Crippen LogP contribution in [0.1, 0.15) is 39.2 Å². The van der Waals surface area contributed by atoms with Crippen LogP contribution in [0.3, 0.4) is 0 Å². The quantitative estimate of drug-likeness (QED) is 0.847. The molecule has 0 saturated heterocycles. The predicted octanol–water partition coefficient (Wildman–Crippen LogP) is 4.25. The van der Waals surface area contributed by atoms with Gasteiger partial charge in [0.15, 0.2) is 0 Å². The van der Waals surface area contributed by atoms with E-state index in [1.54, 1.807) is 0 Å². The van der Waals surface area contributed by atoms with Crippen molar-refractivity contribution in [3.8, 4) is 0 Å². The summed E-state index contributed by atoms with van der Waals surface area (Å²) in [5, 5.41) is 4.50. The predicted molar refractivity (Wildman–Crippen MR) is 74.3 cm³/mol. The Morgan fingerprint density at radius 1 is 1.35 bits per heavy atom. The van der Waals surface area contributed by atoms with Gasteiger partial charge in [-0.1, -0.05) is 44.5 Å². The lowest BCUT2D eigenvalue weighted by Crippen LogP contribution is -2.31. The van der Waals surface area contributed by atoms with E-state index in [0.717, 1.165) is 17.5 Å². The van der Waals surface area contributed by atoms with Gasteiger partial charge < -0.3 is 5.32 Å². The molecule has 1 fully saturated rings. The van der Waals surface area contributed by atoms with E-state index in [1.807, 2.05) is 18.2 Å². The molecule has 0 aliphatic heterocycles. The SMILES string of the molecule is CC1CC(C)(C)CC1NCc1cccc(Cl)c1. The minimum absolute atomic E-state index is 0.491. The number of benzene rings is 1. The van der Waals surface area contributed by atoms with Crippen molar-refractivity contribution in [2.45, 2.75) is 46.2 Å². The Labute approximate surface area is 110 Å². The smallest absolute Gasteiger partial charge is 0.0409 e. The van der Waals surface area contributed by atoms with Gasteiger partial charge in [-0.25, -0.2) is 0 Å². The highest BCUT2D eigenvalue weighted by molar-refractivity contribution is 6.30. The zero-order chi connectivity index (χ0) is 12.5. The van der Waals surface area contributed by atoms with E-state index in [0.29, 0.717) is 11.5 Å². The molecule has 0 bridgehead atoms. The van der Waals surface area contributed by atoms with Gasteiger partial charge in [0.2, 0.25) is 0 Å². The monoisotopic (exact) mass is 251 g/mol. The first-order valence-corrected chi connectivity index (χ1v) is 6.82. The first-order chi connectivity index (χ1) is 7.96. The van der Waals surface area contributed by atoms with Gasteiger partial charge in [-0.05, 0) is 41.9 Å². The molecule has 2 unspecified atom stereocenters. The Morgan fingerprint density at radius 2 is 2.12 bits per heavy atom. The summed E-state index contributed by atoms with van der Waals surface area (Å²) in [5.41, 5.74) is 1.76. The van der Waals surface area contributed by atoms with Gasteiger partial charge in [-0.3, -0.25) is 0 Å². The van der Waals surface area contributed by atoms with E-state index in [2.05, 4.69) is 32.2 Å². The molecule has 1 nitrogen and oxygen atoms in total. The van der Waals surface area contributed by atoms with Gasteiger partial charge in [0.25, 0.3) is 0 Å². The maximum Gasteiger partial charge on any atom is 0.0409 e. The van der Waals surface area contributed by atoms with Crippen LogP contribution in [0.5, 0.6) is 0 Å². The highest BCUT2D eigenvalue weighted by atomic mass is 35.5. The molecule has 0 radical (unpaired) electrons. The van der Waals surface area contributed by atoms with Gasteiger partial charge in [-0.15, -0.1) is 0 Å². The second-order valence-electron chi connectivity index (χ2n) is 6.17. The highest BCUT2D eigenvalue weighted by Gasteiger charge is 2.36. The molecule has 1 N–H and O–H groups in total. The average molecular weight is 252 g/mol. The lowest BCUT2D eigenvalue weighted by Gasteiger charge is -2.18. The minimum atomic E-state index is 0.491. The zero-order valence-electron chi connectivity index (χ0n) is 11.0. The average Bonchev–Trinajstić information content (AvgIpc) is 2.49. The third-order valence-corrected chi connectivity index (χ3v) is 4.03. The van der Waals surface area contributed by atoms with Gasteiger partial charge >= 0.3 is 0 Å². The molecule has 0 aromatic heterocycles. The first-order valence-electron chi connectivity index (χ1n) is 6.44. The highest BCUT2D eigenvalue weighted by Crippen LogP contribution is 2.40. The molecule has 94 valence electrons. The van der Waals surface area contributed by atoms with Gasteiger partial charge in [0.1, 0.15) is 0 Å². The molecule has 2 atom stereocenters. The van der Waals surface area contributed by atoms with Crippen molar-refractivity contribution in [2.24, 2.45) is 11.3 Å². The molecule has 0 amide bonds. The standard InChI is InChI=1S/C15H22ClN/c1-11-8-15(2,3)9-14(11)17-10-12-5-4-6-13(16)7-12/h4-7,11,14,17H,8-10H2,1-3H3. The number of rotatable bonds is 3. The van der Waals surface area contributed by atoms with Crippen LogP contribution < -0.4 is 5.32 Å². The molecule has 2 heteroatoms. The van der Waals surface area contributed by atoms with Crippen LogP contribution in [0.4, 0.5) is 0 Å². The fraction of sp³-hybridized carbons (Fsp3) is 0.600. The molecule has 2 rings (SSSR count). The Bertz CT molecular complexity index is 386. The van der Waals surface area contributed by atoms with E-state index >= 15 is 0 Å². The minimum Gasteiger partial charge on any atom is -0.310 e. The maximum atomic E-state index is 5.99. The normalized spacial score (nSPS) is 27.3. The molecule has 1 aromatic rings. The molecule has 1 saturated carbocycles. The van der Waals surface area contributed by atoms with Crippen LogP contribution in [-0.4, -0.2) is 6.04 Å². The third-order valence-electron chi connectivity index (χ3n) is 3.79. The van der Waals surface area contributed by atoms with Crippen molar-refractivity contribution in [3.05, 3.63) is 34.9 Å². The van der Waals surface area contributed by atoms with Crippen LogP contribution in [0.2, 0.25) is 5.02 Å². The van der Waals surface area contributed by atoms with Crippen molar-refractivity contribution in [1.82, 2.24) is 5.32 Å². The second kappa shape index (κ2) is 4.99. The number of nitrogens with one attached hydrogen (secondary N) is 1. The summed E-state index contributed by atoms with van der Waals surface area (Å²) in [6.45, 7) is 8.01. The summed E-state index contributed by atoms with van der Waals surface area (Å²) in [5.74, 6) is 0.768. The van der Waals surface area contributed by atoms with Crippen LogP contribution in [-0.2, 0) is 6.54 Å². The largest absolute Gasteiger partial charge is 0.310 e. The van der Waals surface area contributed by atoms with E-state index in [4.69, 9.17) is 11.6 Å². The van der Waals surface area contributed by atoms with Crippen LogP contribution in [0.25, 0.3) is 0 Å². The number of halogens is 1. The lowest BCUT2D eigenvalue weighted by molar-refractivity contribution is 0.362. The van der Waals surface area contributed by atoms with Crippen molar-refractivity contribution in [3.63, 3.8) is 0 Å². The number of hydrogen-bond acceptors (Lipinski definition) is 1. The molecular weight excluding hydrogens is 230 g/mol. The fourth-order valence-electron chi connectivity index (χ4n) is 3.06. The second-order valence-corrected chi connectivity index (χ2v) is 6.60. The summed E-state index contributed by atoms with van der Waals surface area (Å²) in [6, 6.07) is 8.75. The number of hydrogen-bond donors (Lipinski definition) is 1. The molecule has 1 aromatic carbocycles. The summed E-state index contributed by atoms with van der Waals surface area (Å²) in [7, 11) is 0. The maximum absolute atomic E-state index is 5.99. The summed E-state index contributed by atoms with van der Waals surface area (Å²) >= 11 is 5.99. The Hall–Kier alpha value is -0.530. The van der Waals surface area contributed by atoms with Crippen molar-refractivity contribution in [2.75, 3.05) is 0 Å². The molecule has 1 aliphatic carbocycles. The topological polar surface area (TPSA) is 12.0 Å². The molecule has 1 aliphatic rings. The van der Waals surface area contributed by atoms with Gasteiger partial charge in [0, 0.05) is 17.6 Å². The summed E-state index contributed by atoms with van der Waals surface area (Å²) in [4.78, 5) is 0. The van der Waals surface area contributed by atoms with Crippen molar-refractivity contribution >= 4 is 11.6 Å². The first kappa shape index (κ1) is 12.9. The van der Waals surface area contributed by atoms with E-state index < -0.39 is 0 Å². The molecular formula is C15H22ClN. The lowest BCUT2D eigenvalue weighted by atomic mass is 9.91. The fourth-order valence-corrected chi connectivity index (χ4v) is 3.28. The molecule has 0 heterocycles. The Balaban J connectivity index is 1.91. The molecule has 17 heavy (non-hydrogen) atoms.